The molecule has 36 heavy (non-hydrogen) atoms. The topological polar surface area (TPSA) is 52.6 Å². The van der Waals surface area contributed by atoms with E-state index in [1.54, 1.807) is 0 Å². The molecule has 0 aliphatic heterocycles. The van der Waals surface area contributed by atoms with Gasteiger partial charge in [0.2, 0.25) is 0 Å². The van der Waals surface area contributed by atoms with Crippen LogP contribution in [0.1, 0.15) is 157 Å². The maximum atomic E-state index is 12.3. The minimum absolute atomic E-state index is 0.00618. The fraction of sp³-hybridized carbons (Fsp3) is 0.938. The Morgan fingerprint density at radius 3 is 1.42 bits per heavy atom. The van der Waals surface area contributed by atoms with Crippen molar-refractivity contribution in [1.82, 2.24) is 0 Å². The molecule has 214 valence electrons. The molecule has 0 fully saturated rings. The number of unbranched alkanes of at least 4 members (excludes halogenated alkanes) is 11. The summed E-state index contributed by atoms with van der Waals surface area (Å²) in [5, 5.41) is 0. The van der Waals surface area contributed by atoms with E-state index in [0.29, 0.717) is 25.6 Å². The molecule has 4 heteroatoms. The molecular weight excluding hydrogens is 448 g/mol. The van der Waals surface area contributed by atoms with Crippen LogP contribution in [0.4, 0.5) is 0 Å². The first kappa shape index (κ1) is 34.9. The summed E-state index contributed by atoms with van der Waals surface area (Å²) in [6.07, 6.45) is 20.7. The van der Waals surface area contributed by atoms with Crippen LogP contribution in [-0.2, 0) is 19.1 Å². The van der Waals surface area contributed by atoms with E-state index < -0.39 is 0 Å². The van der Waals surface area contributed by atoms with Crippen molar-refractivity contribution < 1.29 is 19.1 Å². The molecule has 0 saturated carbocycles. The predicted octanol–water partition coefficient (Wildman–Crippen LogP) is 9.68. The third-order valence-electron chi connectivity index (χ3n) is 7.37. The Kier molecular flexibility index (Phi) is 23.6. The molecule has 0 bridgehead atoms. The first-order valence-corrected chi connectivity index (χ1v) is 15.6. The van der Waals surface area contributed by atoms with Gasteiger partial charge in [0.05, 0.1) is 19.1 Å². The molecule has 0 heterocycles. The van der Waals surface area contributed by atoms with Crippen molar-refractivity contribution in [1.29, 1.82) is 0 Å². The van der Waals surface area contributed by atoms with Crippen LogP contribution < -0.4 is 0 Å². The lowest BCUT2D eigenvalue weighted by Crippen LogP contribution is -2.22. The predicted molar refractivity (Wildman–Crippen MR) is 153 cm³/mol. The van der Waals surface area contributed by atoms with Crippen molar-refractivity contribution >= 4 is 11.9 Å². The van der Waals surface area contributed by atoms with Crippen molar-refractivity contribution in [2.45, 2.75) is 157 Å². The van der Waals surface area contributed by atoms with Gasteiger partial charge in [-0.2, -0.15) is 0 Å². The van der Waals surface area contributed by atoms with Crippen LogP contribution in [0.3, 0.4) is 0 Å². The summed E-state index contributed by atoms with van der Waals surface area (Å²) in [5.41, 5.74) is 0. The zero-order valence-corrected chi connectivity index (χ0v) is 25.1. The van der Waals surface area contributed by atoms with Gasteiger partial charge < -0.3 is 9.47 Å². The standard InChI is InChI=1S/C32H62O4/c1-27(2)21-17-19-25-35-31(33)24-16-14-12-10-8-7-9-11-13-15-23-29(5)30(6)32(34)36-26-20-18-22-28(3)4/h27-30H,7-26H2,1-6H3. The summed E-state index contributed by atoms with van der Waals surface area (Å²) in [5.74, 6) is 1.83. The van der Waals surface area contributed by atoms with Crippen molar-refractivity contribution in [3.8, 4) is 0 Å². The SMILES string of the molecule is CC(C)CCCCOC(=O)CCCCCCCCCCCCC(C)C(C)C(=O)OCCCCC(C)C. The van der Waals surface area contributed by atoms with Crippen LogP contribution in [0.25, 0.3) is 0 Å². The molecule has 0 spiro atoms. The Morgan fingerprint density at radius 1 is 0.500 bits per heavy atom. The average Bonchev–Trinajstić information content (AvgIpc) is 2.83. The molecule has 2 unspecified atom stereocenters. The van der Waals surface area contributed by atoms with Crippen molar-refractivity contribution in [2.24, 2.45) is 23.7 Å². The average molecular weight is 511 g/mol. The van der Waals surface area contributed by atoms with Gasteiger partial charge in [0.25, 0.3) is 0 Å². The van der Waals surface area contributed by atoms with Gasteiger partial charge in [-0.3, -0.25) is 9.59 Å². The number of carbonyl (C=O) groups excluding carboxylic acids is 2. The van der Waals surface area contributed by atoms with Crippen LogP contribution in [0.2, 0.25) is 0 Å². The second-order valence-corrected chi connectivity index (χ2v) is 12.0. The van der Waals surface area contributed by atoms with Gasteiger partial charge in [-0.1, -0.05) is 112 Å². The maximum absolute atomic E-state index is 12.3. The highest BCUT2D eigenvalue weighted by molar-refractivity contribution is 5.72. The third kappa shape index (κ3) is 23.3. The largest absolute Gasteiger partial charge is 0.466 e. The number of hydrogen-bond donors (Lipinski definition) is 0. The van der Waals surface area contributed by atoms with E-state index in [1.165, 1.54) is 64.2 Å². The molecule has 4 nitrogen and oxygen atoms in total. The Balaban J connectivity index is 3.46. The summed E-state index contributed by atoms with van der Waals surface area (Å²) < 4.78 is 10.8. The molecular formula is C32H62O4. The first-order chi connectivity index (χ1) is 17.2. The number of carbonyl (C=O) groups is 2. The molecule has 0 aromatic rings. The third-order valence-corrected chi connectivity index (χ3v) is 7.37. The van der Waals surface area contributed by atoms with Gasteiger partial charge in [0.15, 0.2) is 0 Å². The van der Waals surface area contributed by atoms with E-state index in [4.69, 9.17) is 9.47 Å². The first-order valence-electron chi connectivity index (χ1n) is 15.6. The summed E-state index contributed by atoms with van der Waals surface area (Å²) in [4.78, 5) is 24.0. The minimum atomic E-state index is -0.0164. The van der Waals surface area contributed by atoms with Crippen molar-refractivity contribution in [3.05, 3.63) is 0 Å². The second kappa shape index (κ2) is 24.3. The fourth-order valence-electron chi connectivity index (χ4n) is 4.50. The van der Waals surface area contributed by atoms with Crippen LogP contribution in [0, 0.1) is 23.7 Å². The Bertz CT molecular complexity index is 514. The highest BCUT2D eigenvalue weighted by atomic mass is 16.5. The van der Waals surface area contributed by atoms with Gasteiger partial charge in [-0.05, 0) is 56.3 Å². The fourth-order valence-corrected chi connectivity index (χ4v) is 4.50. The van der Waals surface area contributed by atoms with Gasteiger partial charge in [0.1, 0.15) is 0 Å². The van der Waals surface area contributed by atoms with E-state index in [2.05, 4.69) is 34.6 Å². The lowest BCUT2D eigenvalue weighted by Gasteiger charge is -2.18. The van der Waals surface area contributed by atoms with E-state index in [1.807, 2.05) is 6.92 Å². The monoisotopic (exact) mass is 510 g/mol. The van der Waals surface area contributed by atoms with Gasteiger partial charge in [-0.15, -0.1) is 0 Å². The van der Waals surface area contributed by atoms with Gasteiger partial charge in [-0.25, -0.2) is 0 Å². The highest BCUT2D eigenvalue weighted by Gasteiger charge is 2.21. The molecule has 0 rings (SSSR count). The molecule has 0 amide bonds. The van der Waals surface area contributed by atoms with Gasteiger partial charge >= 0.3 is 11.9 Å². The summed E-state index contributed by atoms with van der Waals surface area (Å²) in [6.45, 7) is 14.3. The van der Waals surface area contributed by atoms with E-state index in [-0.39, 0.29) is 17.9 Å². The molecule has 0 aliphatic carbocycles. The summed E-state index contributed by atoms with van der Waals surface area (Å²) >= 11 is 0. The van der Waals surface area contributed by atoms with Crippen LogP contribution >= 0.6 is 0 Å². The smallest absolute Gasteiger partial charge is 0.308 e. The Labute approximate surface area is 225 Å². The summed E-state index contributed by atoms with van der Waals surface area (Å²) in [7, 11) is 0. The highest BCUT2D eigenvalue weighted by Crippen LogP contribution is 2.21. The van der Waals surface area contributed by atoms with Crippen molar-refractivity contribution in [3.63, 3.8) is 0 Å². The van der Waals surface area contributed by atoms with Crippen LogP contribution in [-0.4, -0.2) is 25.2 Å². The molecule has 0 aromatic heterocycles. The second-order valence-electron chi connectivity index (χ2n) is 12.0. The van der Waals surface area contributed by atoms with Crippen LogP contribution in [0.5, 0.6) is 0 Å². The quantitative estimate of drug-likeness (QED) is 0.0906. The van der Waals surface area contributed by atoms with E-state index in [9.17, 15) is 9.59 Å². The lowest BCUT2D eigenvalue weighted by atomic mass is 9.90. The van der Waals surface area contributed by atoms with E-state index >= 15 is 0 Å². The normalized spacial score (nSPS) is 13.2. The lowest BCUT2D eigenvalue weighted by molar-refractivity contribution is -0.150. The van der Waals surface area contributed by atoms with E-state index in [0.717, 1.165) is 56.8 Å². The molecule has 0 radical (unpaired) electrons. The molecule has 0 saturated heterocycles. The zero-order chi connectivity index (χ0) is 27.0. The Morgan fingerprint density at radius 2 is 0.917 bits per heavy atom. The number of hydrogen-bond acceptors (Lipinski definition) is 4. The van der Waals surface area contributed by atoms with Crippen LogP contribution in [0.15, 0.2) is 0 Å². The molecule has 0 aliphatic rings. The van der Waals surface area contributed by atoms with Crippen molar-refractivity contribution in [2.75, 3.05) is 13.2 Å². The summed E-state index contributed by atoms with van der Waals surface area (Å²) in [6, 6.07) is 0. The maximum Gasteiger partial charge on any atom is 0.308 e. The minimum Gasteiger partial charge on any atom is -0.466 e. The molecule has 0 N–H and O–H groups in total. The number of rotatable bonds is 25. The zero-order valence-electron chi connectivity index (χ0n) is 25.1. The molecule has 2 atom stereocenters. The molecule has 0 aromatic carbocycles. The van der Waals surface area contributed by atoms with Gasteiger partial charge in [0, 0.05) is 6.42 Å². The number of ether oxygens (including phenoxy) is 2. The number of esters is 2. The Hall–Kier alpha value is -1.06.